The lowest BCUT2D eigenvalue weighted by atomic mass is 9.69. The Bertz CT molecular complexity index is 941. The summed E-state index contributed by atoms with van der Waals surface area (Å²) in [6.45, 7) is 0.203. The van der Waals surface area contributed by atoms with Crippen LogP contribution in [0.15, 0.2) is 48.5 Å². The number of carbonyl (C=O) groups is 2. The Balaban J connectivity index is 1.43. The summed E-state index contributed by atoms with van der Waals surface area (Å²) in [6.07, 6.45) is 2.21. The molecule has 3 aliphatic rings. The molecular weight excluding hydrogens is 354 g/mol. The minimum Gasteiger partial charge on any atom is -0.480 e. The molecule has 3 aliphatic carbocycles. The molecule has 0 amide bonds. The number of esters is 1. The number of benzene rings is 2. The number of carboxylic acid groups (broad SMARTS) is 1. The molecule has 3 unspecified atom stereocenters. The Morgan fingerprint density at radius 1 is 1.04 bits per heavy atom. The highest BCUT2D eigenvalue weighted by atomic mass is 16.5. The molecule has 2 bridgehead atoms. The van der Waals surface area contributed by atoms with Crippen molar-refractivity contribution in [3.63, 3.8) is 0 Å². The molecule has 2 saturated carbocycles. The second-order valence-corrected chi connectivity index (χ2v) is 8.50. The van der Waals surface area contributed by atoms with Crippen LogP contribution in [0.5, 0.6) is 0 Å². The quantitative estimate of drug-likeness (QED) is 0.798. The number of ether oxygens (including phenoxy) is 1. The molecule has 5 rings (SSSR count). The van der Waals surface area contributed by atoms with Crippen LogP contribution in [0, 0.1) is 11.3 Å². The molecule has 28 heavy (non-hydrogen) atoms. The molecule has 0 aromatic heterocycles. The van der Waals surface area contributed by atoms with E-state index in [9.17, 15) is 14.7 Å². The Morgan fingerprint density at radius 2 is 1.64 bits per heavy atom. The van der Waals surface area contributed by atoms with E-state index in [1.54, 1.807) is 0 Å². The molecule has 3 N–H and O–H groups in total. The van der Waals surface area contributed by atoms with Crippen molar-refractivity contribution in [1.82, 2.24) is 0 Å². The minimum absolute atomic E-state index is 0.0386. The summed E-state index contributed by atoms with van der Waals surface area (Å²) in [7, 11) is 0. The first-order valence-electron chi connectivity index (χ1n) is 9.84. The van der Waals surface area contributed by atoms with Crippen molar-refractivity contribution < 1.29 is 19.4 Å². The number of carbonyl (C=O) groups excluding carboxylic acids is 1. The van der Waals surface area contributed by atoms with E-state index in [1.807, 2.05) is 24.3 Å². The lowest BCUT2D eigenvalue weighted by Crippen LogP contribution is -2.62. The van der Waals surface area contributed by atoms with Gasteiger partial charge in [0.2, 0.25) is 0 Å². The van der Waals surface area contributed by atoms with E-state index in [0.29, 0.717) is 19.3 Å². The van der Waals surface area contributed by atoms with Crippen LogP contribution in [0.1, 0.15) is 42.7 Å². The zero-order valence-electron chi connectivity index (χ0n) is 15.6. The Hall–Kier alpha value is -2.66. The van der Waals surface area contributed by atoms with Crippen LogP contribution in [0.2, 0.25) is 0 Å². The normalized spacial score (nSPS) is 30.1. The monoisotopic (exact) mass is 377 g/mol. The number of carboxylic acids is 1. The summed E-state index contributed by atoms with van der Waals surface area (Å²) < 4.78 is 5.81. The number of hydrogen-bond acceptors (Lipinski definition) is 4. The Morgan fingerprint density at radius 3 is 2.21 bits per heavy atom. The largest absolute Gasteiger partial charge is 0.480 e. The zero-order chi connectivity index (χ0) is 19.5. The van der Waals surface area contributed by atoms with E-state index in [-0.39, 0.29) is 18.4 Å². The SMILES string of the molecule is NC1(C(=O)O)CC2CCC1(C(=O)OCC1c3ccccc3-c3ccccc31)C2. The summed E-state index contributed by atoms with van der Waals surface area (Å²) in [4.78, 5) is 25.0. The zero-order valence-corrected chi connectivity index (χ0v) is 15.6. The number of hydrogen-bond donors (Lipinski definition) is 2. The van der Waals surface area contributed by atoms with Crippen molar-refractivity contribution in [2.24, 2.45) is 17.1 Å². The fraction of sp³-hybridized carbons (Fsp3) is 0.391. The molecule has 0 spiro atoms. The van der Waals surface area contributed by atoms with Crippen molar-refractivity contribution in [1.29, 1.82) is 0 Å². The molecule has 0 radical (unpaired) electrons. The maximum absolute atomic E-state index is 13.2. The van der Waals surface area contributed by atoms with Gasteiger partial charge in [0.15, 0.2) is 0 Å². The van der Waals surface area contributed by atoms with Gasteiger partial charge >= 0.3 is 11.9 Å². The average Bonchev–Trinajstić information content (AvgIpc) is 3.35. The topological polar surface area (TPSA) is 89.6 Å². The van der Waals surface area contributed by atoms with Gasteiger partial charge in [-0.15, -0.1) is 0 Å². The first kappa shape index (κ1) is 17.4. The molecular formula is C23H23NO4. The molecule has 2 fully saturated rings. The number of aliphatic carboxylic acids is 1. The van der Waals surface area contributed by atoms with Gasteiger partial charge < -0.3 is 15.6 Å². The number of fused-ring (bicyclic) bond motifs is 5. The summed E-state index contributed by atoms with van der Waals surface area (Å²) in [6, 6.07) is 16.3. The smallest absolute Gasteiger partial charge is 0.324 e. The molecule has 0 aliphatic heterocycles. The standard InChI is InChI=1S/C23H23NO4/c24-23(20(25)26)12-14-9-10-22(23,11-14)21(27)28-13-19-17-7-3-1-5-15(17)16-6-2-4-8-18(16)19/h1-8,14,19H,9-13,24H2,(H,25,26). The second kappa shape index (κ2) is 5.92. The van der Waals surface area contributed by atoms with E-state index in [4.69, 9.17) is 10.5 Å². The predicted octanol–water partition coefficient (Wildman–Crippen LogP) is 3.31. The Labute approximate surface area is 163 Å². The highest BCUT2D eigenvalue weighted by molar-refractivity contribution is 5.92. The number of rotatable bonds is 4. The fourth-order valence-corrected chi connectivity index (χ4v) is 5.77. The third-order valence-electron chi connectivity index (χ3n) is 7.20. The highest BCUT2D eigenvalue weighted by Crippen LogP contribution is 2.59. The first-order valence-corrected chi connectivity index (χ1v) is 9.84. The van der Waals surface area contributed by atoms with Gasteiger partial charge in [0.25, 0.3) is 0 Å². The van der Waals surface area contributed by atoms with Crippen LogP contribution in [0.4, 0.5) is 0 Å². The third kappa shape index (κ3) is 2.17. The molecule has 2 aromatic carbocycles. The maximum atomic E-state index is 13.2. The predicted molar refractivity (Wildman–Crippen MR) is 104 cm³/mol. The summed E-state index contributed by atoms with van der Waals surface area (Å²) in [5.74, 6) is -1.38. The summed E-state index contributed by atoms with van der Waals surface area (Å²) >= 11 is 0. The second-order valence-electron chi connectivity index (χ2n) is 8.50. The van der Waals surface area contributed by atoms with Gasteiger partial charge in [-0.1, -0.05) is 48.5 Å². The van der Waals surface area contributed by atoms with Gasteiger partial charge in [-0.3, -0.25) is 9.59 Å². The summed E-state index contributed by atoms with van der Waals surface area (Å²) in [5, 5.41) is 9.72. The van der Waals surface area contributed by atoms with E-state index in [2.05, 4.69) is 24.3 Å². The van der Waals surface area contributed by atoms with Crippen molar-refractivity contribution in [2.75, 3.05) is 6.61 Å². The highest BCUT2D eigenvalue weighted by Gasteiger charge is 2.68. The summed E-state index contributed by atoms with van der Waals surface area (Å²) in [5.41, 5.74) is 8.26. The fourth-order valence-electron chi connectivity index (χ4n) is 5.77. The van der Waals surface area contributed by atoms with Crippen LogP contribution in [-0.4, -0.2) is 29.2 Å². The van der Waals surface area contributed by atoms with E-state index < -0.39 is 22.9 Å². The van der Waals surface area contributed by atoms with Crippen LogP contribution >= 0.6 is 0 Å². The van der Waals surface area contributed by atoms with Crippen LogP contribution < -0.4 is 5.73 Å². The Kier molecular flexibility index (Phi) is 3.68. The third-order valence-corrected chi connectivity index (χ3v) is 7.20. The van der Waals surface area contributed by atoms with Crippen molar-refractivity contribution in [3.8, 4) is 11.1 Å². The molecule has 0 saturated heterocycles. The minimum atomic E-state index is -1.52. The van der Waals surface area contributed by atoms with Gasteiger partial charge in [0, 0.05) is 5.92 Å². The first-order chi connectivity index (χ1) is 13.5. The van der Waals surface area contributed by atoms with Gasteiger partial charge in [-0.05, 0) is 53.9 Å². The molecule has 144 valence electrons. The average molecular weight is 377 g/mol. The van der Waals surface area contributed by atoms with Gasteiger partial charge in [0.05, 0.1) is 5.41 Å². The van der Waals surface area contributed by atoms with Gasteiger partial charge in [0.1, 0.15) is 12.1 Å². The molecule has 3 atom stereocenters. The lowest BCUT2D eigenvalue weighted by Gasteiger charge is -2.38. The van der Waals surface area contributed by atoms with Crippen molar-refractivity contribution >= 4 is 11.9 Å². The molecule has 5 nitrogen and oxygen atoms in total. The van der Waals surface area contributed by atoms with E-state index in [0.717, 1.165) is 28.7 Å². The van der Waals surface area contributed by atoms with Crippen LogP contribution in [-0.2, 0) is 14.3 Å². The van der Waals surface area contributed by atoms with E-state index >= 15 is 0 Å². The van der Waals surface area contributed by atoms with Gasteiger partial charge in [-0.2, -0.15) is 0 Å². The van der Waals surface area contributed by atoms with Crippen molar-refractivity contribution in [2.45, 2.75) is 37.1 Å². The van der Waals surface area contributed by atoms with Crippen LogP contribution in [0.3, 0.4) is 0 Å². The van der Waals surface area contributed by atoms with E-state index in [1.165, 1.54) is 0 Å². The molecule has 5 heteroatoms. The molecule has 2 aromatic rings. The number of nitrogens with two attached hydrogens (primary N) is 1. The van der Waals surface area contributed by atoms with Gasteiger partial charge in [-0.25, -0.2) is 0 Å². The lowest BCUT2D eigenvalue weighted by molar-refractivity contribution is -0.168. The molecule has 0 heterocycles. The van der Waals surface area contributed by atoms with Crippen molar-refractivity contribution in [3.05, 3.63) is 59.7 Å². The van der Waals surface area contributed by atoms with Crippen LogP contribution in [0.25, 0.3) is 11.1 Å². The maximum Gasteiger partial charge on any atom is 0.324 e.